The van der Waals surface area contributed by atoms with E-state index in [1.165, 1.54) is 35.2 Å². The van der Waals surface area contributed by atoms with Crippen LogP contribution in [-0.2, 0) is 19.6 Å². The monoisotopic (exact) mass is 528 g/mol. The predicted octanol–water partition coefficient (Wildman–Crippen LogP) is 2.76. The minimum absolute atomic E-state index is 0.00660. The van der Waals surface area contributed by atoms with Crippen LogP contribution in [0.15, 0.2) is 17.5 Å². The molecule has 0 bridgehead atoms. The van der Waals surface area contributed by atoms with E-state index in [1.54, 1.807) is 12.1 Å². The summed E-state index contributed by atoms with van der Waals surface area (Å²) in [5, 5.41) is 1.06. The number of sulfonamides is 1. The highest BCUT2D eigenvalue weighted by Crippen LogP contribution is 2.25. The predicted molar refractivity (Wildman–Crippen MR) is 135 cm³/mol. The van der Waals surface area contributed by atoms with Gasteiger partial charge in [0.2, 0.25) is 21.8 Å². The second-order valence-electron chi connectivity index (χ2n) is 9.43. The summed E-state index contributed by atoms with van der Waals surface area (Å²) in [4.78, 5) is 32.8. The topological polar surface area (TPSA) is 90.0 Å². The minimum Gasteiger partial charge on any atom is -0.337 e. The molecule has 3 saturated heterocycles. The molecule has 34 heavy (non-hydrogen) atoms. The fraction of sp³-hybridized carbons (Fsp3) is 0.652. The van der Waals surface area contributed by atoms with Crippen molar-refractivity contribution in [1.29, 1.82) is 0 Å². The van der Waals surface area contributed by atoms with Crippen LogP contribution in [0.1, 0.15) is 50.3 Å². The van der Waals surface area contributed by atoms with E-state index in [4.69, 9.17) is 11.6 Å². The first-order valence-corrected chi connectivity index (χ1v) is 14.7. The number of rotatable bonds is 8. The highest BCUT2D eigenvalue weighted by atomic mass is 35.5. The zero-order chi connectivity index (χ0) is 24.3. The van der Waals surface area contributed by atoms with Crippen molar-refractivity contribution in [1.82, 2.24) is 19.4 Å². The van der Waals surface area contributed by atoms with Crippen LogP contribution in [-0.4, -0.2) is 85.8 Å². The number of likely N-dealkylation sites (tertiary alicyclic amines) is 3. The third kappa shape index (κ3) is 6.40. The molecule has 0 saturated carbocycles. The Bertz CT molecular complexity index is 1030. The molecule has 1 aromatic heterocycles. The van der Waals surface area contributed by atoms with Crippen LogP contribution in [0.5, 0.6) is 0 Å². The van der Waals surface area contributed by atoms with E-state index < -0.39 is 16.1 Å². The summed E-state index contributed by atoms with van der Waals surface area (Å²) in [5.74, 6) is -0.375. The summed E-state index contributed by atoms with van der Waals surface area (Å²) >= 11 is 7.15. The zero-order valence-electron chi connectivity index (χ0n) is 19.5. The lowest BCUT2D eigenvalue weighted by atomic mass is 10.1. The van der Waals surface area contributed by atoms with Crippen molar-refractivity contribution in [2.24, 2.45) is 0 Å². The Hall–Kier alpha value is -1.46. The van der Waals surface area contributed by atoms with Crippen LogP contribution in [0, 0.1) is 0 Å². The van der Waals surface area contributed by atoms with E-state index >= 15 is 0 Å². The van der Waals surface area contributed by atoms with Crippen LogP contribution < -0.4 is 4.72 Å². The molecule has 0 radical (unpaired) electrons. The smallest absolute Gasteiger partial charge is 0.242 e. The van der Waals surface area contributed by atoms with Gasteiger partial charge in [0.05, 0.1) is 10.9 Å². The standard InChI is InChI=1S/C23H33ClN4O4S2/c1-17-5-2-11-26(17)15-18-6-3-13-28(18)22(29)16-27-12-4-7-20(23(27)30)25-34(31,32)14-10-19-8-9-21(24)33-19/h8-10,14,17-18,20,25H,2-7,11-13,15-16H2,1H3/b14-10+. The van der Waals surface area contributed by atoms with E-state index in [0.717, 1.165) is 37.9 Å². The van der Waals surface area contributed by atoms with Crippen molar-refractivity contribution >= 4 is 50.9 Å². The molecule has 0 aromatic carbocycles. The number of thiophene rings is 1. The van der Waals surface area contributed by atoms with E-state index in [-0.39, 0.29) is 24.4 Å². The highest BCUT2D eigenvalue weighted by Gasteiger charge is 2.36. The Balaban J connectivity index is 1.33. The largest absolute Gasteiger partial charge is 0.337 e. The lowest BCUT2D eigenvalue weighted by molar-refractivity contribution is -0.143. The number of halogens is 1. The third-order valence-electron chi connectivity index (χ3n) is 7.00. The quantitative estimate of drug-likeness (QED) is 0.560. The molecular formula is C23H33ClN4O4S2. The van der Waals surface area contributed by atoms with Gasteiger partial charge in [0.1, 0.15) is 6.04 Å². The van der Waals surface area contributed by atoms with Gasteiger partial charge in [-0.15, -0.1) is 11.3 Å². The first-order valence-electron chi connectivity index (χ1n) is 12.0. The summed E-state index contributed by atoms with van der Waals surface area (Å²) in [5.41, 5.74) is 0. The highest BCUT2D eigenvalue weighted by molar-refractivity contribution is 7.92. The fourth-order valence-electron chi connectivity index (χ4n) is 5.16. The molecule has 3 unspecified atom stereocenters. The first kappa shape index (κ1) is 25.6. The lowest BCUT2D eigenvalue weighted by Gasteiger charge is -2.35. The number of amides is 2. The Morgan fingerprint density at radius 1 is 1.18 bits per heavy atom. The second-order valence-corrected chi connectivity index (χ2v) is 12.8. The van der Waals surface area contributed by atoms with Crippen molar-refractivity contribution in [3.63, 3.8) is 0 Å². The zero-order valence-corrected chi connectivity index (χ0v) is 21.9. The summed E-state index contributed by atoms with van der Waals surface area (Å²) < 4.78 is 28.1. The first-order chi connectivity index (χ1) is 16.2. The van der Waals surface area contributed by atoms with E-state index in [1.807, 2.05) is 4.90 Å². The van der Waals surface area contributed by atoms with Gasteiger partial charge in [0, 0.05) is 42.0 Å². The molecule has 3 atom stereocenters. The Morgan fingerprint density at radius 2 is 1.94 bits per heavy atom. The van der Waals surface area contributed by atoms with Gasteiger partial charge in [-0.1, -0.05) is 11.6 Å². The average Bonchev–Trinajstić information content (AvgIpc) is 3.52. The SMILES string of the molecule is CC1CCCN1CC1CCCN1C(=O)CN1CCCC(NS(=O)(=O)/C=C/c2ccc(Cl)s2)C1=O. The molecule has 2 amide bonds. The second kappa shape index (κ2) is 11.1. The van der Waals surface area contributed by atoms with Gasteiger partial charge in [0.25, 0.3) is 0 Å². The number of hydrogen-bond donors (Lipinski definition) is 1. The molecule has 8 nitrogen and oxygen atoms in total. The van der Waals surface area contributed by atoms with Gasteiger partial charge < -0.3 is 9.80 Å². The van der Waals surface area contributed by atoms with Crippen molar-refractivity contribution < 1.29 is 18.0 Å². The van der Waals surface area contributed by atoms with E-state index in [9.17, 15) is 18.0 Å². The van der Waals surface area contributed by atoms with Gasteiger partial charge in [0.15, 0.2) is 0 Å². The summed E-state index contributed by atoms with van der Waals surface area (Å²) in [6.45, 7) is 5.42. The molecular weight excluding hydrogens is 496 g/mol. The normalized spacial score (nSPS) is 26.8. The molecule has 3 aliphatic rings. The summed E-state index contributed by atoms with van der Waals surface area (Å²) in [6, 6.07) is 3.32. The molecule has 3 aliphatic heterocycles. The van der Waals surface area contributed by atoms with E-state index in [0.29, 0.717) is 34.6 Å². The van der Waals surface area contributed by atoms with Gasteiger partial charge in [-0.2, -0.15) is 4.72 Å². The molecule has 1 aromatic rings. The summed E-state index contributed by atoms with van der Waals surface area (Å²) in [7, 11) is -3.81. The van der Waals surface area contributed by atoms with Gasteiger partial charge in [-0.25, -0.2) is 8.42 Å². The number of piperidine rings is 1. The number of nitrogens with zero attached hydrogens (tertiary/aromatic N) is 3. The molecule has 11 heteroatoms. The molecule has 4 rings (SSSR count). The molecule has 3 fully saturated rings. The van der Waals surface area contributed by atoms with Gasteiger partial charge in [-0.3, -0.25) is 14.5 Å². The van der Waals surface area contributed by atoms with Crippen LogP contribution in [0.25, 0.3) is 6.08 Å². The molecule has 4 heterocycles. The van der Waals surface area contributed by atoms with Crippen LogP contribution in [0.2, 0.25) is 4.34 Å². The Labute approximate surface area is 211 Å². The average molecular weight is 529 g/mol. The number of carbonyl (C=O) groups is 2. The third-order valence-corrected chi connectivity index (χ3v) is 9.31. The Kier molecular flexibility index (Phi) is 8.35. The molecule has 1 N–H and O–H groups in total. The van der Waals surface area contributed by atoms with E-state index in [2.05, 4.69) is 16.5 Å². The van der Waals surface area contributed by atoms with Crippen LogP contribution in [0.3, 0.4) is 0 Å². The molecule has 0 aliphatic carbocycles. The van der Waals surface area contributed by atoms with Crippen molar-refractivity contribution in [3.05, 3.63) is 26.8 Å². The maximum absolute atomic E-state index is 13.1. The maximum Gasteiger partial charge on any atom is 0.242 e. The number of hydrogen-bond acceptors (Lipinski definition) is 6. The van der Waals surface area contributed by atoms with Crippen molar-refractivity contribution in [3.8, 4) is 0 Å². The number of nitrogens with one attached hydrogen (secondary N) is 1. The fourth-order valence-corrected chi connectivity index (χ4v) is 7.23. The van der Waals surface area contributed by atoms with Crippen molar-refractivity contribution in [2.45, 2.75) is 63.6 Å². The van der Waals surface area contributed by atoms with Gasteiger partial charge >= 0.3 is 0 Å². The molecule has 188 valence electrons. The van der Waals surface area contributed by atoms with Crippen LogP contribution >= 0.6 is 22.9 Å². The summed E-state index contributed by atoms with van der Waals surface area (Å²) in [6.07, 6.45) is 6.91. The van der Waals surface area contributed by atoms with Crippen LogP contribution in [0.4, 0.5) is 0 Å². The Morgan fingerprint density at radius 3 is 2.65 bits per heavy atom. The minimum atomic E-state index is -3.81. The molecule has 0 spiro atoms. The number of carbonyl (C=O) groups excluding carboxylic acids is 2. The van der Waals surface area contributed by atoms with Crippen molar-refractivity contribution in [2.75, 3.05) is 32.7 Å². The maximum atomic E-state index is 13.1. The van der Waals surface area contributed by atoms with Gasteiger partial charge in [-0.05, 0) is 70.2 Å². The lowest BCUT2D eigenvalue weighted by Crippen LogP contribution is -2.55.